The lowest BCUT2D eigenvalue weighted by atomic mass is 10.2. The van der Waals surface area contributed by atoms with Gasteiger partial charge >= 0.3 is 0 Å². The first-order valence-corrected chi connectivity index (χ1v) is 7.67. The van der Waals surface area contributed by atoms with Gasteiger partial charge in [0.25, 0.3) is 5.69 Å². The highest BCUT2D eigenvalue weighted by molar-refractivity contribution is 7.92. The molecule has 0 aliphatic heterocycles. The van der Waals surface area contributed by atoms with E-state index in [0.717, 1.165) is 12.8 Å². The van der Waals surface area contributed by atoms with E-state index in [9.17, 15) is 18.5 Å². The third-order valence-corrected chi connectivity index (χ3v) is 5.91. The van der Waals surface area contributed by atoms with E-state index in [1.165, 1.54) is 24.3 Å². The maximum absolute atomic E-state index is 12.6. The molecule has 6 nitrogen and oxygen atoms in total. The number of nitrogens with zero attached hydrogens (tertiary/aromatic N) is 1. The SMILES string of the molecule is CNC1CCCC1S(=O)(=O)c1ccccc1[N+](=O)[O-]. The number of hydrogen-bond acceptors (Lipinski definition) is 5. The Kier molecular flexibility index (Phi) is 3.86. The zero-order valence-electron chi connectivity index (χ0n) is 10.6. The number of nitrogens with one attached hydrogen (secondary N) is 1. The molecule has 2 rings (SSSR count). The number of sulfone groups is 1. The predicted octanol–water partition coefficient (Wildman–Crippen LogP) is 1.51. The van der Waals surface area contributed by atoms with Crippen molar-refractivity contribution in [1.82, 2.24) is 5.32 Å². The van der Waals surface area contributed by atoms with Crippen molar-refractivity contribution in [3.63, 3.8) is 0 Å². The number of benzene rings is 1. The van der Waals surface area contributed by atoms with Gasteiger partial charge in [-0.2, -0.15) is 0 Å². The normalized spacial score (nSPS) is 23.4. The second kappa shape index (κ2) is 5.26. The van der Waals surface area contributed by atoms with Crippen LogP contribution in [0.15, 0.2) is 29.2 Å². The summed E-state index contributed by atoms with van der Waals surface area (Å²) in [5, 5.41) is 13.4. The fourth-order valence-electron chi connectivity index (χ4n) is 2.64. The average molecular weight is 284 g/mol. The van der Waals surface area contributed by atoms with Crippen LogP contribution >= 0.6 is 0 Å². The predicted molar refractivity (Wildman–Crippen MR) is 70.8 cm³/mol. The van der Waals surface area contributed by atoms with E-state index in [2.05, 4.69) is 5.32 Å². The molecule has 2 atom stereocenters. The summed E-state index contributed by atoms with van der Waals surface area (Å²) in [6.07, 6.45) is 2.14. The lowest BCUT2D eigenvalue weighted by Crippen LogP contribution is -2.38. The summed E-state index contributed by atoms with van der Waals surface area (Å²) in [6, 6.07) is 5.41. The van der Waals surface area contributed by atoms with Crippen LogP contribution in [0.1, 0.15) is 19.3 Å². The maximum Gasteiger partial charge on any atom is 0.287 e. The number of nitro groups is 1. The molecule has 0 saturated heterocycles. The van der Waals surface area contributed by atoms with Crippen LogP contribution in [0.4, 0.5) is 5.69 Å². The summed E-state index contributed by atoms with van der Waals surface area (Å²) in [5.41, 5.74) is -0.343. The van der Waals surface area contributed by atoms with Crippen molar-refractivity contribution < 1.29 is 13.3 Å². The molecule has 104 valence electrons. The minimum Gasteiger partial charge on any atom is -0.316 e. The van der Waals surface area contributed by atoms with Crippen molar-refractivity contribution in [2.75, 3.05) is 7.05 Å². The summed E-state index contributed by atoms with van der Waals surface area (Å²) in [4.78, 5) is 10.1. The van der Waals surface area contributed by atoms with Crippen molar-refractivity contribution in [2.24, 2.45) is 0 Å². The Balaban J connectivity index is 2.48. The molecule has 1 fully saturated rings. The van der Waals surface area contributed by atoms with Crippen LogP contribution in [0.3, 0.4) is 0 Å². The van der Waals surface area contributed by atoms with E-state index in [0.29, 0.717) is 6.42 Å². The molecular formula is C12H16N2O4S. The van der Waals surface area contributed by atoms with Gasteiger partial charge in [-0.3, -0.25) is 10.1 Å². The van der Waals surface area contributed by atoms with Crippen molar-refractivity contribution in [2.45, 2.75) is 35.4 Å². The molecule has 1 saturated carbocycles. The molecule has 1 aromatic carbocycles. The topological polar surface area (TPSA) is 89.3 Å². The molecule has 19 heavy (non-hydrogen) atoms. The van der Waals surface area contributed by atoms with Gasteiger partial charge in [0.2, 0.25) is 0 Å². The van der Waals surface area contributed by atoms with Gasteiger partial charge < -0.3 is 5.32 Å². The quantitative estimate of drug-likeness (QED) is 0.668. The summed E-state index contributed by atoms with van der Waals surface area (Å²) in [7, 11) is -1.96. The van der Waals surface area contributed by atoms with Gasteiger partial charge in [-0.15, -0.1) is 0 Å². The van der Waals surface area contributed by atoms with Crippen molar-refractivity contribution in [3.8, 4) is 0 Å². The highest BCUT2D eigenvalue weighted by atomic mass is 32.2. The molecule has 7 heteroatoms. The largest absolute Gasteiger partial charge is 0.316 e. The van der Waals surface area contributed by atoms with Crippen molar-refractivity contribution >= 4 is 15.5 Å². The maximum atomic E-state index is 12.6. The average Bonchev–Trinajstić information content (AvgIpc) is 2.87. The van der Waals surface area contributed by atoms with Gasteiger partial charge in [0, 0.05) is 12.1 Å². The second-order valence-corrected chi connectivity index (χ2v) is 6.77. The molecule has 0 spiro atoms. The van der Waals surface area contributed by atoms with Gasteiger partial charge in [0.1, 0.15) is 4.90 Å². The Labute approximate surface area is 111 Å². The van der Waals surface area contributed by atoms with Crippen molar-refractivity contribution in [3.05, 3.63) is 34.4 Å². The summed E-state index contributed by atoms with van der Waals surface area (Å²) in [5.74, 6) is 0. The van der Waals surface area contributed by atoms with Crippen molar-refractivity contribution in [1.29, 1.82) is 0 Å². The lowest BCUT2D eigenvalue weighted by molar-refractivity contribution is -0.387. The number of hydrogen-bond donors (Lipinski definition) is 1. The van der Waals surface area contributed by atoms with E-state index in [-0.39, 0.29) is 16.6 Å². The molecule has 1 aliphatic rings. The van der Waals surface area contributed by atoms with Crippen LogP contribution in [0, 0.1) is 10.1 Å². The fraction of sp³-hybridized carbons (Fsp3) is 0.500. The zero-order valence-corrected chi connectivity index (χ0v) is 11.4. The Bertz CT molecular complexity index is 585. The monoisotopic (exact) mass is 284 g/mol. The van der Waals surface area contributed by atoms with E-state index in [1.807, 2.05) is 0 Å². The minimum atomic E-state index is -3.68. The second-order valence-electron chi connectivity index (χ2n) is 4.63. The molecule has 0 radical (unpaired) electrons. The summed E-state index contributed by atoms with van der Waals surface area (Å²) >= 11 is 0. The Morgan fingerprint density at radius 1 is 1.32 bits per heavy atom. The fourth-order valence-corrected chi connectivity index (χ4v) is 4.85. The molecule has 0 aromatic heterocycles. The van der Waals surface area contributed by atoms with Gasteiger partial charge in [-0.25, -0.2) is 8.42 Å². The van der Waals surface area contributed by atoms with Crippen LogP contribution in [0.25, 0.3) is 0 Å². The Morgan fingerprint density at radius 3 is 2.63 bits per heavy atom. The minimum absolute atomic E-state index is 0.134. The van der Waals surface area contributed by atoms with Crippen LogP contribution < -0.4 is 5.32 Å². The van der Waals surface area contributed by atoms with Crippen LogP contribution in [0.5, 0.6) is 0 Å². The first kappa shape index (κ1) is 14.0. The third kappa shape index (κ3) is 2.48. The molecule has 1 aromatic rings. The molecule has 0 bridgehead atoms. The van der Waals surface area contributed by atoms with Crippen LogP contribution in [-0.4, -0.2) is 31.7 Å². The smallest absolute Gasteiger partial charge is 0.287 e. The zero-order chi connectivity index (χ0) is 14.0. The first-order chi connectivity index (χ1) is 8.98. The third-order valence-electron chi connectivity index (χ3n) is 3.59. The highest BCUT2D eigenvalue weighted by Crippen LogP contribution is 2.33. The van der Waals surface area contributed by atoms with E-state index < -0.39 is 20.0 Å². The van der Waals surface area contributed by atoms with Crippen LogP contribution in [0.2, 0.25) is 0 Å². The number of rotatable bonds is 4. The summed E-state index contributed by atoms with van der Waals surface area (Å²) < 4.78 is 25.2. The number of para-hydroxylation sites is 1. The molecule has 1 aliphatic carbocycles. The van der Waals surface area contributed by atoms with Gasteiger partial charge in [0.15, 0.2) is 9.84 Å². The first-order valence-electron chi connectivity index (χ1n) is 6.13. The van der Waals surface area contributed by atoms with Gasteiger partial charge in [0.05, 0.1) is 10.2 Å². The standard InChI is InChI=1S/C12H16N2O4S/c1-13-9-5-4-8-11(9)19(17,18)12-7-3-2-6-10(12)14(15)16/h2-3,6-7,9,11,13H,4-5,8H2,1H3. The van der Waals surface area contributed by atoms with Gasteiger partial charge in [-0.05, 0) is 26.0 Å². The van der Waals surface area contributed by atoms with Gasteiger partial charge in [-0.1, -0.05) is 18.6 Å². The molecular weight excluding hydrogens is 268 g/mol. The highest BCUT2D eigenvalue weighted by Gasteiger charge is 2.40. The Hall–Kier alpha value is -1.47. The molecule has 0 heterocycles. The lowest BCUT2D eigenvalue weighted by Gasteiger charge is -2.19. The summed E-state index contributed by atoms with van der Waals surface area (Å²) in [6.45, 7) is 0. The van der Waals surface area contributed by atoms with E-state index in [4.69, 9.17) is 0 Å². The Morgan fingerprint density at radius 2 is 2.00 bits per heavy atom. The van der Waals surface area contributed by atoms with E-state index in [1.54, 1.807) is 7.05 Å². The van der Waals surface area contributed by atoms with Crippen LogP contribution in [-0.2, 0) is 9.84 Å². The molecule has 0 amide bonds. The number of nitro benzene ring substituents is 1. The van der Waals surface area contributed by atoms with E-state index >= 15 is 0 Å². The molecule has 1 N–H and O–H groups in total. The molecule has 2 unspecified atom stereocenters.